The van der Waals surface area contributed by atoms with Crippen LogP contribution in [0.25, 0.3) is 21.5 Å². The average Bonchev–Trinajstić information content (AvgIpc) is 3.01. The van der Waals surface area contributed by atoms with E-state index in [1.54, 1.807) is 12.1 Å². The van der Waals surface area contributed by atoms with E-state index in [1.807, 2.05) is 37.3 Å². The standard InChI is InChI=1S/C19H14FN3OS/c1-12-21-17-18(25-12)16(14-7-9-15(20)10-8-14)22-23(19(17)24)11-13-5-3-2-4-6-13/h2-10H,11H2,1H3. The lowest BCUT2D eigenvalue weighted by atomic mass is 10.1. The lowest BCUT2D eigenvalue weighted by molar-refractivity contribution is 0.627. The summed E-state index contributed by atoms with van der Waals surface area (Å²) >= 11 is 1.43. The van der Waals surface area contributed by atoms with Crippen molar-refractivity contribution in [2.24, 2.45) is 0 Å². The van der Waals surface area contributed by atoms with Crippen molar-refractivity contribution < 1.29 is 4.39 Å². The summed E-state index contributed by atoms with van der Waals surface area (Å²) < 4.78 is 15.4. The quantitative estimate of drug-likeness (QED) is 0.560. The zero-order valence-electron chi connectivity index (χ0n) is 13.4. The van der Waals surface area contributed by atoms with Crippen LogP contribution in [0.1, 0.15) is 10.6 Å². The summed E-state index contributed by atoms with van der Waals surface area (Å²) in [6, 6.07) is 15.8. The Kier molecular flexibility index (Phi) is 3.89. The van der Waals surface area contributed by atoms with Crippen LogP contribution in [-0.2, 0) is 6.54 Å². The van der Waals surface area contributed by atoms with Gasteiger partial charge in [-0.3, -0.25) is 4.79 Å². The van der Waals surface area contributed by atoms with E-state index in [4.69, 9.17) is 0 Å². The Balaban J connectivity index is 1.93. The third-order valence-electron chi connectivity index (χ3n) is 3.90. The molecule has 4 rings (SSSR count). The minimum Gasteiger partial charge on any atom is -0.265 e. The Morgan fingerprint density at radius 2 is 1.80 bits per heavy atom. The highest BCUT2D eigenvalue weighted by molar-refractivity contribution is 7.19. The molecule has 4 aromatic rings. The van der Waals surface area contributed by atoms with Gasteiger partial charge in [-0.1, -0.05) is 30.3 Å². The van der Waals surface area contributed by atoms with Gasteiger partial charge in [-0.25, -0.2) is 14.1 Å². The van der Waals surface area contributed by atoms with Gasteiger partial charge in [0, 0.05) is 5.56 Å². The number of halogens is 1. The second-order valence-electron chi connectivity index (χ2n) is 5.71. The molecule has 0 aliphatic heterocycles. The molecule has 0 N–H and O–H groups in total. The zero-order chi connectivity index (χ0) is 17.4. The number of aryl methyl sites for hydroxylation is 1. The molecule has 0 atom stereocenters. The monoisotopic (exact) mass is 351 g/mol. The van der Waals surface area contributed by atoms with Crippen LogP contribution < -0.4 is 5.56 Å². The summed E-state index contributed by atoms with van der Waals surface area (Å²) in [6.07, 6.45) is 0. The van der Waals surface area contributed by atoms with Gasteiger partial charge >= 0.3 is 0 Å². The van der Waals surface area contributed by atoms with Crippen LogP contribution in [0.15, 0.2) is 59.4 Å². The Morgan fingerprint density at radius 3 is 2.52 bits per heavy atom. The van der Waals surface area contributed by atoms with Crippen LogP contribution >= 0.6 is 11.3 Å². The molecule has 0 unspecified atom stereocenters. The molecule has 0 radical (unpaired) electrons. The fourth-order valence-corrected chi connectivity index (χ4v) is 3.64. The molecule has 0 saturated carbocycles. The molecule has 4 nitrogen and oxygen atoms in total. The molecule has 2 aromatic heterocycles. The van der Waals surface area contributed by atoms with Crippen LogP contribution in [0, 0.1) is 12.7 Å². The van der Waals surface area contributed by atoms with Crippen molar-refractivity contribution in [2.75, 3.05) is 0 Å². The Bertz CT molecular complexity index is 1100. The summed E-state index contributed by atoms with van der Waals surface area (Å²) in [7, 11) is 0. The lowest BCUT2D eigenvalue weighted by Gasteiger charge is -2.09. The molecule has 6 heteroatoms. The number of hydrogen-bond donors (Lipinski definition) is 0. The van der Waals surface area contributed by atoms with Crippen molar-refractivity contribution in [2.45, 2.75) is 13.5 Å². The molecule has 0 fully saturated rings. The smallest absolute Gasteiger partial charge is 0.265 e. The van der Waals surface area contributed by atoms with Gasteiger partial charge in [0.05, 0.1) is 16.3 Å². The third-order valence-corrected chi connectivity index (χ3v) is 4.88. The van der Waals surface area contributed by atoms with Crippen molar-refractivity contribution in [3.63, 3.8) is 0 Å². The molecule has 0 aliphatic carbocycles. The molecule has 124 valence electrons. The lowest BCUT2D eigenvalue weighted by Crippen LogP contribution is -2.24. The number of benzene rings is 2. The summed E-state index contributed by atoms with van der Waals surface area (Å²) in [4.78, 5) is 17.2. The van der Waals surface area contributed by atoms with Gasteiger partial charge in [-0.15, -0.1) is 11.3 Å². The van der Waals surface area contributed by atoms with E-state index in [-0.39, 0.29) is 11.4 Å². The van der Waals surface area contributed by atoms with E-state index in [2.05, 4.69) is 10.1 Å². The van der Waals surface area contributed by atoms with Crippen LogP contribution in [0.5, 0.6) is 0 Å². The first kappa shape index (κ1) is 15.7. The van der Waals surface area contributed by atoms with Crippen LogP contribution in [-0.4, -0.2) is 14.8 Å². The van der Waals surface area contributed by atoms with E-state index in [1.165, 1.54) is 28.2 Å². The van der Waals surface area contributed by atoms with Crippen LogP contribution in [0.2, 0.25) is 0 Å². The van der Waals surface area contributed by atoms with Crippen molar-refractivity contribution in [3.05, 3.63) is 81.3 Å². The topological polar surface area (TPSA) is 47.8 Å². The molecule has 0 bridgehead atoms. The first-order valence-corrected chi connectivity index (χ1v) is 8.61. The second-order valence-corrected chi connectivity index (χ2v) is 6.92. The maximum atomic E-state index is 13.3. The normalized spacial score (nSPS) is 11.1. The first-order chi connectivity index (χ1) is 12.1. The molecule has 2 aromatic carbocycles. The average molecular weight is 351 g/mol. The maximum Gasteiger partial charge on any atom is 0.294 e. The maximum absolute atomic E-state index is 13.3. The molecule has 0 spiro atoms. The molecule has 0 saturated heterocycles. The molecule has 2 heterocycles. The zero-order valence-corrected chi connectivity index (χ0v) is 14.3. The number of fused-ring (bicyclic) bond motifs is 1. The Morgan fingerprint density at radius 1 is 1.08 bits per heavy atom. The van der Waals surface area contributed by atoms with Gasteiger partial charge < -0.3 is 0 Å². The largest absolute Gasteiger partial charge is 0.294 e. The second kappa shape index (κ2) is 6.22. The van der Waals surface area contributed by atoms with Gasteiger partial charge in [0.2, 0.25) is 0 Å². The van der Waals surface area contributed by atoms with Crippen molar-refractivity contribution in [1.82, 2.24) is 14.8 Å². The SMILES string of the molecule is Cc1nc2c(=O)n(Cc3ccccc3)nc(-c3ccc(F)cc3)c2s1. The molecular formula is C19H14FN3OS. The summed E-state index contributed by atoms with van der Waals surface area (Å²) in [5.74, 6) is -0.307. The number of nitrogens with zero attached hydrogens (tertiary/aromatic N) is 3. The predicted molar refractivity (Wildman–Crippen MR) is 97.4 cm³/mol. The Labute approximate surface area is 147 Å². The molecule has 0 aliphatic rings. The van der Waals surface area contributed by atoms with Crippen molar-refractivity contribution in [1.29, 1.82) is 0 Å². The van der Waals surface area contributed by atoms with E-state index >= 15 is 0 Å². The molecule has 25 heavy (non-hydrogen) atoms. The van der Waals surface area contributed by atoms with Crippen LogP contribution in [0.3, 0.4) is 0 Å². The summed E-state index contributed by atoms with van der Waals surface area (Å²) in [5.41, 5.74) is 2.59. The fraction of sp³-hybridized carbons (Fsp3) is 0.105. The predicted octanol–water partition coefficient (Wildman–Crippen LogP) is 4.02. The van der Waals surface area contributed by atoms with E-state index in [0.717, 1.165) is 20.8 Å². The fourth-order valence-electron chi connectivity index (χ4n) is 2.73. The third kappa shape index (κ3) is 2.96. The van der Waals surface area contributed by atoms with E-state index in [0.29, 0.717) is 17.8 Å². The number of hydrogen-bond acceptors (Lipinski definition) is 4. The van der Waals surface area contributed by atoms with Crippen molar-refractivity contribution in [3.8, 4) is 11.3 Å². The first-order valence-electron chi connectivity index (χ1n) is 7.80. The minimum absolute atomic E-state index is 0.214. The number of thiazole rings is 1. The minimum atomic E-state index is -0.307. The van der Waals surface area contributed by atoms with Crippen molar-refractivity contribution >= 4 is 21.6 Å². The van der Waals surface area contributed by atoms with Gasteiger partial charge in [0.1, 0.15) is 11.5 Å². The van der Waals surface area contributed by atoms with Gasteiger partial charge in [0.25, 0.3) is 5.56 Å². The molecular weight excluding hydrogens is 337 g/mol. The molecule has 0 amide bonds. The summed E-state index contributed by atoms with van der Waals surface area (Å²) in [6.45, 7) is 2.22. The highest BCUT2D eigenvalue weighted by Gasteiger charge is 2.16. The highest BCUT2D eigenvalue weighted by Crippen LogP contribution is 2.29. The highest BCUT2D eigenvalue weighted by atomic mass is 32.1. The van der Waals surface area contributed by atoms with Gasteiger partial charge in [0.15, 0.2) is 5.52 Å². The summed E-state index contributed by atoms with van der Waals surface area (Å²) in [5, 5.41) is 5.36. The van der Waals surface area contributed by atoms with Crippen LogP contribution in [0.4, 0.5) is 4.39 Å². The van der Waals surface area contributed by atoms with Gasteiger partial charge in [-0.05, 0) is 36.8 Å². The number of aromatic nitrogens is 3. The van der Waals surface area contributed by atoms with E-state index < -0.39 is 0 Å². The van der Waals surface area contributed by atoms with Gasteiger partial charge in [-0.2, -0.15) is 5.10 Å². The Hall–Kier alpha value is -2.86. The number of rotatable bonds is 3. The van der Waals surface area contributed by atoms with E-state index in [9.17, 15) is 9.18 Å².